The van der Waals surface area contributed by atoms with Crippen LogP contribution in [0.4, 0.5) is 4.39 Å². The fourth-order valence-electron chi connectivity index (χ4n) is 4.44. The number of esters is 1. The first-order valence-electron chi connectivity index (χ1n) is 9.50. The smallest absolute Gasteiger partial charge is 0.341 e. The van der Waals surface area contributed by atoms with Gasteiger partial charge in [-0.1, -0.05) is 25.8 Å². The maximum Gasteiger partial charge on any atom is 0.341 e. The number of carbonyl (C=O) groups is 1. The van der Waals surface area contributed by atoms with Crippen LogP contribution >= 0.6 is 0 Å². The SMILES string of the molecule is Cc1ccc(C(=O)OC2CCC(C3CCC(C)CC3)CC2)c(F)c1.[HH].[HH]. The molecule has 0 atom stereocenters. The van der Waals surface area contributed by atoms with Gasteiger partial charge in [0.05, 0.1) is 5.56 Å². The van der Waals surface area contributed by atoms with Gasteiger partial charge in [0.15, 0.2) is 0 Å². The summed E-state index contributed by atoms with van der Waals surface area (Å²) in [5.41, 5.74) is 0.871. The number of hydrogen-bond acceptors (Lipinski definition) is 2. The normalized spacial score (nSPS) is 30.8. The molecule has 2 saturated carbocycles. The van der Waals surface area contributed by atoms with Crippen LogP contribution in [0.3, 0.4) is 0 Å². The van der Waals surface area contributed by atoms with Crippen molar-refractivity contribution in [1.29, 1.82) is 0 Å². The quantitative estimate of drug-likeness (QED) is 0.617. The van der Waals surface area contributed by atoms with Crippen molar-refractivity contribution in [1.82, 2.24) is 0 Å². The number of aryl methyl sites for hydroxylation is 1. The zero-order valence-corrected chi connectivity index (χ0v) is 14.9. The van der Waals surface area contributed by atoms with Gasteiger partial charge in [0.25, 0.3) is 0 Å². The number of benzene rings is 1. The van der Waals surface area contributed by atoms with Crippen molar-refractivity contribution in [3.8, 4) is 0 Å². The summed E-state index contributed by atoms with van der Waals surface area (Å²) >= 11 is 0. The van der Waals surface area contributed by atoms with Crippen LogP contribution < -0.4 is 0 Å². The van der Waals surface area contributed by atoms with Crippen LogP contribution in [0.5, 0.6) is 0 Å². The van der Waals surface area contributed by atoms with E-state index in [9.17, 15) is 9.18 Å². The molecular formula is C21H33FO2. The number of halogens is 1. The summed E-state index contributed by atoms with van der Waals surface area (Å²) < 4.78 is 19.5. The van der Waals surface area contributed by atoms with E-state index in [0.717, 1.165) is 49.0 Å². The molecule has 0 saturated heterocycles. The molecular weight excluding hydrogens is 303 g/mol. The molecule has 0 aliphatic heterocycles. The molecule has 1 aromatic rings. The second-order valence-corrected chi connectivity index (χ2v) is 7.95. The van der Waals surface area contributed by atoms with E-state index < -0.39 is 11.8 Å². The van der Waals surface area contributed by atoms with Crippen LogP contribution in [0.25, 0.3) is 0 Å². The van der Waals surface area contributed by atoms with Crippen molar-refractivity contribution in [3.63, 3.8) is 0 Å². The average Bonchev–Trinajstić information content (AvgIpc) is 2.56. The predicted molar refractivity (Wildman–Crippen MR) is 97.6 cm³/mol. The van der Waals surface area contributed by atoms with Crippen LogP contribution in [0.15, 0.2) is 18.2 Å². The lowest BCUT2D eigenvalue weighted by Gasteiger charge is -2.37. The van der Waals surface area contributed by atoms with Crippen molar-refractivity contribution in [2.75, 3.05) is 0 Å². The van der Waals surface area contributed by atoms with Gasteiger partial charge in [0.1, 0.15) is 11.9 Å². The van der Waals surface area contributed by atoms with Crippen molar-refractivity contribution < 1.29 is 16.8 Å². The molecule has 0 aromatic heterocycles. The van der Waals surface area contributed by atoms with E-state index >= 15 is 0 Å². The Labute approximate surface area is 147 Å². The molecule has 0 radical (unpaired) electrons. The van der Waals surface area contributed by atoms with E-state index in [1.54, 1.807) is 6.07 Å². The molecule has 24 heavy (non-hydrogen) atoms. The molecule has 0 amide bonds. The second-order valence-electron chi connectivity index (χ2n) is 7.95. The molecule has 3 heteroatoms. The Morgan fingerprint density at radius 2 is 1.62 bits per heavy atom. The van der Waals surface area contributed by atoms with Gasteiger partial charge >= 0.3 is 5.97 Å². The Morgan fingerprint density at radius 3 is 2.21 bits per heavy atom. The molecule has 2 aliphatic rings. The number of ether oxygens (including phenoxy) is 1. The van der Waals surface area contributed by atoms with Gasteiger partial charge in [0, 0.05) is 2.85 Å². The molecule has 0 spiro atoms. The predicted octanol–water partition coefficient (Wildman–Crippen LogP) is 6.17. The monoisotopic (exact) mass is 336 g/mol. The summed E-state index contributed by atoms with van der Waals surface area (Å²) in [5.74, 6) is 1.56. The first-order valence-corrected chi connectivity index (χ1v) is 9.50. The summed E-state index contributed by atoms with van der Waals surface area (Å²) in [5, 5.41) is 0. The third kappa shape index (κ3) is 4.17. The highest BCUT2D eigenvalue weighted by molar-refractivity contribution is 5.89. The zero-order chi connectivity index (χ0) is 17.1. The Balaban J connectivity index is 0.00000169. The molecule has 3 rings (SSSR count). The fourth-order valence-corrected chi connectivity index (χ4v) is 4.44. The summed E-state index contributed by atoms with van der Waals surface area (Å²) in [6, 6.07) is 4.67. The van der Waals surface area contributed by atoms with E-state index in [1.165, 1.54) is 37.8 Å². The number of carbonyl (C=O) groups excluding carboxylic acids is 1. The highest BCUT2D eigenvalue weighted by Crippen LogP contribution is 2.40. The van der Waals surface area contributed by atoms with Gasteiger partial charge in [-0.2, -0.15) is 0 Å². The first kappa shape index (κ1) is 17.4. The summed E-state index contributed by atoms with van der Waals surface area (Å²) in [7, 11) is 0. The number of rotatable bonds is 3. The molecule has 2 nitrogen and oxygen atoms in total. The molecule has 136 valence electrons. The summed E-state index contributed by atoms with van der Waals surface area (Å²) in [6.45, 7) is 4.17. The van der Waals surface area contributed by atoms with E-state index in [4.69, 9.17) is 4.74 Å². The van der Waals surface area contributed by atoms with Gasteiger partial charge < -0.3 is 4.74 Å². The molecule has 0 unspecified atom stereocenters. The summed E-state index contributed by atoms with van der Waals surface area (Å²) in [6.07, 6.45) is 9.57. The van der Waals surface area contributed by atoms with Crippen molar-refractivity contribution in [2.24, 2.45) is 17.8 Å². The van der Waals surface area contributed by atoms with Crippen molar-refractivity contribution in [2.45, 2.75) is 71.3 Å². The van der Waals surface area contributed by atoms with E-state index in [2.05, 4.69) is 6.92 Å². The third-order valence-electron chi connectivity index (χ3n) is 6.06. The second kappa shape index (κ2) is 7.67. The molecule has 0 heterocycles. The fraction of sp³-hybridized carbons (Fsp3) is 0.667. The Morgan fingerprint density at radius 1 is 1.04 bits per heavy atom. The Bertz CT molecular complexity index is 577. The molecule has 1 aromatic carbocycles. The molecule has 2 aliphatic carbocycles. The molecule has 2 fully saturated rings. The lowest BCUT2D eigenvalue weighted by atomic mass is 9.71. The summed E-state index contributed by atoms with van der Waals surface area (Å²) in [4.78, 5) is 12.2. The minimum atomic E-state index is -0.512. The lowest BCUT2D eigenvalue weighted by molar-refractivity contribution is 0.0107. The van der Waals surface area contributed by atoms with Crippen LogP contribution in [0, 0.1) is 30.5 Å². The minimum absolute atomic E-state index is 0. The van der Waals surface area contributed by atoms with E-state index in [0.29, 0.717) is 0 Å². The largest absolute Gasteiger partial charge is 0.459 e. The maximum atomic E-state index is 13.9. The minimum Gasteiger partial charge on any atom is -0.459 e. The highest BCUT2D eigenvalue weighted by atomic mass is 19.1. The molecule has 0 bridgehead atoms. The van der Waals surface area contributed by atoms with E-state index in [-0.39, 0.29) is 14.5 Å². The van der Waals surface area contributed by atoms with Crippen molar-refractivity contribution >= 4 is 5.97 Å². The van der Waals surface area contributed by atoms with Gasteiger partial charge in [-0.3, -0.25) is 0 Å². The standard InChI is InChI=1S/C21H29FO2.2H2/c1-14-3-6-16(7-4-14)17-8-10-18(11-9-17)24-21(23)19-12-5-15(2)13-20(19)22;;/h5,12-14,16-18H,3-4,6-11H2,1-2H3;2*1H. The van der Waals surface area contributed by atoms with Gasteiger partial charge in [-0.15, -0.1) is 0 Å². The van der Waals surface area contributed by atoms with Crippen LogP contribution in [-0.4, -0.2) is 12.1 Å². The van der Waals surface area contributed by atoms with Crippen LogP contribution in [0.1, 0.15) is 77.1 Å². The Kier molecular flexibility index (Phi) is 5.57. The zero-order valence-electron chi connectivity index (χ0n) is 14.9. The lowest BCUT2D eigenvalue weighted by Crippen LogP contribution is -2.29. The topological polar surface area (TPSA) is 26.3 Å². The van der Waals surface area contributed by atoms with Crippen LogP contribution in [0.2, 0.25) is 0 Å². The highest BCUT2D eigenvalue weighted by Gasteiger charge is 2.31. The maximum absolute atomic E-state index is 13.9. The third-order valence-corrected chi connectivity index (χ3v) is 6.06. The van der Waals surface area contributed by atoms with E-state index in [1.807, 2.05) is 6.92 Å². The van der Waals surface area contributed by atoms with Crippen LogP contribution in [-0.2, 0) is 4.74 Å². The average molecular weight is 336 g/mol. The Hall–Kier alpha value is -1.38. The first-order chi connectivity index (χ1) is 11.5. The van der Waals surface area contributed by atoms with Gasteiger partial charge in [-0.25, -0.2) is 9.18 Å². The number of hydrogen-bond donors (Lipinski definition) is 0. The molecule has 0 N–H and O–H groups in total. The van der Waals surface area contributed by atoms with Gasteiger partial charge in [0.2, 0.25) is 0 Å². The van der Waals surface area contributed by atoms with Gasteiger partial charge in [-0.05, 0) is 80.9 Å². The van der Waals surface area contributed by atoms with Crippen molar-refractivity contribution in [3.05, 3.63) is 35.1 Å².